The maximum Gasteiger partial charge on any atom is 0.264 e. The third kappa shape index (κ3) is 5.95. The van der Waals surface area contributed by atoms with Crippen LogP contribution in [0.5, 0.6) is 11.5 Å². The normalized spacial score (nSPS) is 23.1. The summed E-state index contributed by atoms with van der Waals surface area (Å²) in [7, 11) is 0.987. The average molecular weight is 704 g/mol. The zero-order chi connectivity index (χ0) is 35.9. The fraction of sp³-hybridized carbons (Fsp3) is 0.341. The zero-order valence-electron chi connectivity index (χ0n) is 29.8. The van der Waals surface area contributed by atoms with E-state index in [1.807, 2.05) is 89.8 Å². The molecular weight excluding hydrogens is 659 g/mol. The molecule has 264 valence electrons. The fourth-order valence-corrected chi connectivity index (χ4v) is 12.6. The number of benzene rings is 4. The maximum absolute atomic E-state index is 15.0. The van der Waals surface area contributed by atoms with Gasteiger partial charge in [0.15, 0.2) is 5.60 Å². The van der Waals surface area contributed by atoms with Crippen molar-refractivity contribution in [2.24, 2.45) is 11.0 Å². The largest absolute Gasteiger partial charge is 0.497 e. The molecule has 0 saturated carbocycles. The first-order valence-electron chi connectivity index (χ1n) is 17.6. The molecule has 0 radical (unpaired) electrons. The summed E-state index contributed by atoms with van der Waals surface area (Å²) in [5, 5.41) is 17.7. The number of rotatable bonds is 10. The van der Waals surface area contributed by atoms with Gasteiger partial charge in [-0.1, -0.05) is 79.8 Å². The van der Waals surface area contributed by atoms with E-state index in [-0.39, 0.29) is 36.0 Å². The van der Waals surface area contributed by atoms with E-state index in [0.29, 0.717) is 37.2 Å². The predicted molar refractivity (Wildman–Crippen MR) is 202 cm³/mol. The number of hydrogen-bond donors (Lipinski definition) is 1. The minimum absolute atomic E-state index is 0.0312. The average Bonchev–Trinajstić information content (AvgIpc) is 3.58. The second kappa shape index (κ2) is 13.7. The van der Waals surface area contributed by atoms with E-state index in [1.165, 1.54) is 10.2 Å². The number of carbonyl (C=O) groups excluding carboxylic acids is 2. The standard InChI is InChI=1S/C41H45N3O6Si/c1-27-39(51(4,5)33-18-15-31(48-2)16-19-33)37(23-24-45)50-41(27)34-25-32(49-3)17-21-36(34)43(40(41)47)26-28-11-13-30(14-12-28)44-38(46)22-20-35(42-44)29-9-7-6-8-10-29/h6-19,21,25,27,37,39,45H,20,22-24,26H2,1-5H3/t27-,37+,39-,41+/m0/s1. The molecule has 0 unspecified atom stereocenters. The van der Waals surface area contributed by atoms with Crippen molar-refractivity contribution in [3.63, 3.8) is 0 Å². The lowest BCUT2D eigenvalue weighted by Crippen LogP contribution is -2.51. The van der Waals surface area contributed by atoms with Gasteiger partial charge in [-0.2, -0.15) is 5.10 Å². The van der Waals surface area contributed by atoms with Gasteiger partial charge in [-0.05, 0) is 65.6 Å². The molecule has 3 heterocycles. The predicted octanol–water partition coefficient (Wildman–Crippen LogP) is 6.38. The van der Waals surface area contributed by atoms with Crippen molar-refractivity contribution in [2.45, 2.75) is 63.1 Å². The number of nitrogens with zero attached hydrogens (tertiary/aromatic N) is 3. The lowest BCUT2D eigenvalue weighted by Gasteiger charge is -2.37. The summed E-state index contributed by atoms with van der Waals surface area (Å²) in [6, 6.07) is 31.6. The van der Waals surface area contributed by atoms with Gasteiger partial charge in [0.05, 0.1) is 52.0 Å². The molecule has 4 aromatic carbocycles. The summed E-state index contributed by atoms with van der Waals surface area (Å²) >= 11 is 0. The minimum atomic E-state index is -2.30. The van der Waals surface area contributed by atoms with Gasteiger partial charge in [0.1, 0.15) is 11.5 Å². The molecule has 1 saturated heterocycles. The number of ether oxygens (including phenoxy) is 3. The molecule has 0 bridgehead atoms. The highest BCUT2D eigenvalue weighted by atomic mass is 28.3. The third-order valence-electron chi connectivity index (χ3n) is 11.1. The van der Waals surface area contributed by atoms with E-state index in [4.69, 9.17) is 19.3 Å². The van der Waals surface area contributed by atoms with Crippen LogP contribution in [0.3, 0.4) is 0 Å². The van der Waals surface area contributed by atoms with Crippen molar-refractivity contribution in [2.75, 3.05) is 30.7 Å². The number of methoxy groups -OCH3 is 2. The monoisotopic (exact) mass is 703 g/mol. The summed E-state index contributed by atoms with van der Waals surface area (Å²) < 4.78 is 18.1. The van der Waals surface area contributed by atoms with E-state index in [1.54, 1.807) is 14.2 Å². The molecule has 3 aliphatic rings. The third-order valence-corrected chi connectivity index (χ3v) is 15.5. The Kier molecular flexibility index (Phi) is 9.34. The van der Waals surface area contributed by atoms with Gasteiger partial charge in [-0.15, -0.1) is 0 Å². The highest BCUT2D eigenvalue weighted by Crippen LogP contribution is 2.60. The van der Waals surface area contributed by atoms with Crippen molar-refractivity contribution in [3.8, 4) is 11.5 Å². The van der Waals surface area contributed by atoms with E-state index in [2.05, 4.69) is 32.2 Å². The molecule has 0 aliphatic carbocycles. The molecule has 51 heavy (non-hydrogen) atoms. The van der Waals surface area contributed by atoms with Gasteiger partial charge in [-0.3, -0.25) is 9.59 Å². The van der Waals surface area contributed by atoms with Crippen LogP contribution in [-0.4, -0.2) is 57.6 Å². The van der Waals surface area contributed by atoms with Crippen LogP contribution in [0, 0.1) is 5.92 Å². The Morgan fingerprint density at radius 3 is 2.25 bits per heavy atom. The number of aliphatic hydroxyl groups is 1. The summed E-state index contributed by atoms with van der Waals surface area (Å²) in [5.74, 6) is 1.09. The van der Waals surface area contributed by atoms with E-state index >= 15 is 0 Å². The van der Waals surface area contributed by atoms with Crippen molar-refractivity contribution in [1.82, 2.24) is 0 Å². The van der Waals surface area contributed by atoms with Gasteiger partial charge in [0.25, 0.3) is 5.91 Å². The van der Waals surface area contributed by atoms with Gasteiger partial charge >= 0.3 is 0 Å². The Morgan fingerprint density at radius 1 is 0.902 bits per heavy atom. The first kappa shape index (κ1) is 34.7. The van der Waals surface area contributed by atoms with E-state index in [0.717, 1.165) is 33.8 Å². The molecule has 1 N–H and O–H groups in total. The van der Waals surface area contributed by atoms with Crippen LogP contribution in [0.2, 0.25) is 18.6 Å². The quantitative estimate of drug-likeness (QED) is 0.193. The Bertz CT molecular complexity index is 1950. The van der Waals surface area contributed by atoms with Gasteiger partial charge in [-0.25, -0.2) is 5.01 Å². The molecule has 1 spiro atoms. The lowest BCUT2D eigenvalue weighted by molar-refractivity contribution is -0.146. The topological polar surface area (TPSA) is 101 Å². The number of aliphatic hydroxyl groups excluding tert-OH is 1. The number of hydrogen-bond acceptors (Lipinski definition) is 7. The highest BCUT2D eigenvalue weighted by Gasteiger charge is 2.66. The SMILES string of the molecule is COc1ccc([Si](C)(C)[C@@H]2[C@@H](CCO)O[C@]3(C(=O)N(Cc4ccc(N5N=C(c6ccccc6)CCC5=O)cc4)c4ccc(OC)cc43)[C@H]2C)cc1. The van der Waals surface area contributed by atoms with Crippen molar-refractivity contribution in [3.05, 3.63) is 114 Å². The molecule has 9 nitrogen and oxygen atoms in total. The highest BCUT2D eigenvalue weighted by molar-refractivity contribution is 6.91. The van der Waals surface area contributed by atoms with Crippen LogP contribution < -0.4 is 24.6 Å². The van der Waals surface area contributed by atoms with Gasteiger partial charge < -0.3 is 24.2 Å². The number of fused-ring (bicyclic) bond motifs is 2. The van der Waals surface area contributed by atoms with Crippen molar-refractivity contribution >= 4 is 42.2 Å². The molecule has 3 aliphatic heterocycles. The lowest BCUT2D eigenvalue weighted by atomic mass is 9.82. The van der Waals surface area contributed by atoms with Gasteiger partial charge in [0.2, 0.25) is 5.91 Å². The molecule has 2 amide bonds. The minimum Gasteiger partial charge on any atom is -0.497 e. The Morgan fingerprint density at radius 2 is 1.59 bits per heavy atom. The maximum atomic E-state index is 15.0. The first-order valence-corrected chi connectivity index (χ1v) is 20.7. The molecule has 4 aromatic rings. The van der Waals surface area contributed by atoms with Crippen LogP contribution in [-0.2, 0) is 26.5 Å². The van der Waals surface area contributed by atoms with Crippen LogP contribution in [0.15, 0.2) is 102 Å². The summed E-state index contributed by atoms with van der Waals surface area (Å²) in [6.45, 7) is 7.07. The Hall–Kier alpha value is -4.77. The molecular formula is C41H45N3O6Si. The smallest absolute Gasteiger partial charge is 0.264 e. The Labute approximate surface area is 300 Å². The molecule has 7 rings (SSSR count). The number of anilines is 2. The molecule has 4 atom stereocenters. The van der Waals surface area contributed by atoms with Gasteiger partial charge in [0, 0.05) is 30.9 Å². The number of amides is 2. The van der Waals surface area contributed by atoms with E-state index in [9.17, 15) is 14.7 Å². The molecule has 1 fully saturated rings. The number of carbonyl (C=O) groups is 2. The van der Waals surface area contributed by atoms with E-state index < -0.39 is 13.7 Å². The summed E-state index contributed by atoms with van der Waals surface area (Å²) in [5.41, 5.74) is 3.84. The van der Waals surface area contributed by atoms with Crippen LogP contribution in [0.1, 0.15) is 42.9 Å². The number of hydrazone groups is 1. The fourth-order valence-electron chi connectivity index (χ4n) is 8.49. The Balaban J connectivity index is 1.21. The summed E-state index contributed by atoms with van der Waals surface area (Å²) in [4.78, 5) is 29.8. The van der Waals surface area contributed by atoms with Crippen molar-refractivity contribution < 1.29 is 28.9 Å². The molecule has 0 aromatic heterocycles. The second-order valence-corrected chi connectivity index (χ2v) is 18.9. The van der Waals surface area contributed by atoms with Crippen LogP contribution in [0.4, 0.5) is 11.4 Å². The summed E-state index contributed by atoms with van der Waals surface area (Å²) in [6.07, 6.45) is 1.09. The second-order valence-electron chi connectivity index (χ2n) is 14.2. The molecule has 10 heteroatoms. The van der Waals surface area contributed by atoms with Crippen LogP contribution in [0.25, 0.3) is 0 Å². The first-order chi connectivity index (χ1) is 24.6. The zero-order valence-corrected chi connectivity index (χ0v) is 30.8. The van der Waals surface area contributed by atoms with Crippen molar-refractivity contribution in [1.29, 1.82) is 0 Å². The van der Waals surface area contributed by atoms with Crippen LogP contribution >= 0.6 is 0 Å².